The molecule has 0 radical (unpaired) electrons. The topological polar surface area (TPSA) is 121 Å². The number of nitriles is 1. The minimum absolute atomic E-state index is 0.173. The standard InChI is InChI=1S/C21H25N5O4/c1-3-16-4-5-17(13-22)26(16)25(14-19(27)28)21(2)7-10-24(11-8-21)18-12-15(20(29)30)6-9-23-18/h1,6,9,12,16-17H,4-5,7-8,10-11,14H2,2H3,(H,27,28)(H,29,30). The summed E-state index contributed by atoms with van der Waals surface area (Å²) < 4.78 is 0. The van der Waals surface area contributed by atoms with Gasteiger partial charge in [0.15, 0.2) is 0 Å². The van der Waals surface area contributed by atoms with Crippen molar-refractivity contribution in [2.24, 2.45) is 0 Å². The fourth-order valence-electron chi connectivity index (χ4n) is 4.30. The predicted molar refractivity (Wildman–Crippen MR) is 108 cm³/mol. The van der Waals surface area contributed by atoms with Gasteiger partial charge in [-0.25, -0.2) is 19.8 Å². The fourth-order valence-corrected chi connectivity index (χ4v) is 4.30. The molecular formula is C21H25N5O4. The average molecular weight is 411 g/mol. The number of hydrogen-bond acceptors (Lipinski definition) is 7. The van der Waals surface area contributed by atoms with E-state index in [1.54, 1.807) is 16.1 Å². The van der Waals surface area contributed by atoms with Crippen LogP contribution in [0.25, 0.3) is 0 Å². The SMILES string of the molecule is C#CC1CCC(C#N)N1N(CC(=O)O)C1(C)CCN(c2cc(C(=O)O)ccn2)CC1. The van der Waals surface area contributed by atoms with Gasteiger partial charge in [-0.15, -0.1) is 6.42 Å². The van der Waals surface area contributed by atoms with Gasteiger partial charge in [0, 0.05) is 24.8 Å². The second kappa shape index (κ2) is 8.70. The maximum Gasteiger partial charge on any atom is 0.335 e. The molecule has 2 aliphatic heterocycles. The maximum absolute atomic E-state index is 11.6. The molecule has 2 fully saturated rings. The summed E-state index contributed by atoms with van der Waals surface area (Å²) in [6.07, 6.45) is 9.65. The molecule has 9 nitrogen and oxygen atoms in total. The minimum Gasteiger partial charge on any atom is -0.480 e. The molecule has 3 heterocycles. The number of carboxylic acids is 2. The Kier molecular flexibility index (Phi) is 6.25. The number of nitrogens with zero attached hydrogens (tertiary/aromatic N) is 5. The van der Waals surface area contributed by atoms with Crippen LogP contribution in [-0.4, -0.2) is 74.4 Å². The molecule has 2 N–H and O–H groups in total. The van der Waals surface area contributed by atoms with Crippen molar-refractivity contribution in [3.63, 3.8) is 0 Å². The van der Waals surface area contributed by atoms with Crippen molar-refractivity contribution in [1.29, 1.82) is 5.26 Å². The van der Waals surface area contributed by atoms with Gasteiger partial charge < -0.3 is 15.1 Å². The molecule has 0 saturated carbocycles. The van der Waals surface area contributed by atoms with Crippen LogP contribution in [0.15, 0.2) is 18.3 Å². The molecular weight excluding hydrogens is 386 g/mol. The van der Waals surface area contributed by atoms with Crippen molar-refractivity contribution >= 4 is 17.8 Å². The number of hydrazine groups is 1. The van der Waals surface area contributed by atoms with E-state index in [9.17, 15) is 25.1 Å². The molecule has 2 saturated heterocycles. The van der Waals surface area contributed by atoms with Crippen LogP contribution >= 0.6 is 0 Å². The molecule has 1 aromatic heterocycles. The normalized spacial score (nSPS) is 23.7. The second-order valence-electron chi connectivity index (χ2n) is 7.93. The smallest absolute Gasteiger partial charge is 0.335 e. The minimum atomic E-state index is -1.01. The van der Waals surface area contributed by atoms with Crippen LogP contribution in [0.1, 0.15) is 43.0 Å². The Morgan fingerprint density at radius 3 is 2.57 bits per heavy atom. The molecule has 9 heteroatoms. The highest BCUT2D eigenvalue weighted by molar-refractivity contribution is 5.88. The first-order valence-corrected chi connectivity index (χ1v) is 9.87. The van der Waals surface area contributed by atoms with E-state index in [1.807, 2.05) is 11.8 Å². The molecule has 158 valence electrons. The first kappa shape index (κ1) is 21.6. The number of pyridine rings is 1. The van der Waals surface area contributed by atoms with Gasteiger partial charge in [0.25, 0.3) is 0 Å². The van der Waals surface area contributed by atoms with Crippen LogP contribution in [0.5, 0.6) is 0 Å². The number of anilines is 1. The molecule has 0 aromatic carbocycles. The predicted octanol–water partition coefficient (Wildman–Crippen LogP) is 1.43. The number of hydrogen-bond donors (Lipinski definition) is 2. The van der Waals surface area contributed by atoms with Gasteiger partial charge >= 0.3 is 11.9 Å². The quantitative estimate of drug-likeness (QED) is 0.670. The van der Waals surface area contributed by atoms with E-state index in [2.05, 4.69) is 17.0 Å². The Labute approximate surface area is 175 Å². The summed E-state index contributed by atoms with van der Waals surface area (Å²) in [4.78, 5) is 29.2. The van der Waals surface area contributed by atoms with E-state index >= 15 is 0 Å². The van der Waals surface area contributed by atoms with E-state index < -0.39 is 23.5 Å². The van der Waals surface area contributed by atoms with Gasteiger partial charge in [0.2, 0.25) is 0 Å². The molecule has 2 atom stereocenters. The highest BCUT2D eigenvalue weighted by atomic mass is 16.4. The number of piperidine rings is 1. The Hall–Kier alpha value is -3.14. The number of rotatable bonds is 6. The van der Waals surface area contributed by atoms with Gasteiger partial charge in [0.1, 0.15) is 18.4 Å². The number of terminal acetylenes is 1. The maximum atomic E-state index is 11.6. The largest absolute Gasteiger partial charge is 0.480 e. The van der Waals surface area contributed by atoms with E-state index in [4.69, 9.17) is 6.42 Å². The summed E-state index contributed by atoms with van der Waals surface area (Å²) in [6, 6.07) is 4.49. The Morgan fingerprint density at radius 1 is 1.33 bits per heavy atom. The van der Waals surface area contributed by atoms with Crippen LogP contribution in [0, 0.1) is 23.7 Å². The van der Waals surface area contributed by atoms with E-state index in [1.165, 1.54) is 12.3 Å². The summed E-state index contributed by atoms with van der Waals surface area (Å²) >= 11 is 0. The zero-order valence-corrected chi connectivity index (χ0v) is 16.9. The third-order valence-electron chi connectivity index (χ3n) is 6.04. The van der Waals surface area contributed by atoms with Gasteiger partial charge in [-0.2, -0.15) is 5.26 Å². The summed E-state index contributed by atoms with van der Waals surface area (Å²) in [6.45, 7) is 2.91. The van der Waals surface area contributed by atoms with E-state index in [0.29, 0.717) is 44.6 Å². The number of aromatic nitrogens is 1. The van der Waals surface area contributed by atoms with Crippen LogP contribution in [-0.2, 0) is 4.79 Å². The lowest BCUT2D eigenvalue weighted by molar-refractivity contribution is -0.160. The van der Waals surface area contributed by atoms with Crippen molar-refractivity contribution in [3.05, 3.63) is 23.9 Å². The van der Waals surface area contributed by atoms with Crippen molar-refractivity contribution in [3.8, 4) is 18.4 Å². The van der Waals surface area contributed by atoms with Gasteiger partial charge in [-0.1, -0.05) is 5.92 Å². The van der Waals surface area contributed by atoms with Crippen LogP contribution < -0.4 is 4.90 Å². The lowest BCUT2D eigenvalue weighted by atomic mass is 9.88. The van der Waals surface area contributed by atoms with Gasteiger partial charge in [-0.05, 0) is 44.7 Å². The number of carbonyl (C=O) groups is 2. The van der Waals surface area contributed by atoms with Gasteiger partial charge in [-0.3, -0.25) is 4.79 Å². The third kappa shape index (κ3) is 4.23. The lowest BCUT2D eigenvalue weighted by Crippen LogP contribution is -2.63. The molecule has 0 amide bonds. The monoisotopic (exact) mass is 411 g/mol. The highest BCUT2D eigenvalue weighted by Crippen LogP contribution is 2.36. The fraction of sp³-hybridized carbons (Fsp3) is 0.524. The summed E-state index contributed by atoms with van der Waals surface area (Å²) in [7, 11) is 0. The van der Waals surface area contributed by atoms with E-state index in [0.717, 1.165) is 0 Å². The number of aliphatic carboxylic acids is 1. The van der Waals surface area contributed by atoms with Crippen molar-refractivity contribution < 1.29 is 19.8 Å². The molecule has 0 bridgehead atoms. The van der Waals surface area contributed by atoms with Gasteiger partial charge in [0.05, 0.1) is 17.7 Å². The van der Waals surface area contributed by atoms with E-state index in [-0.39, 0.29) is 18.2 Å². The average Bonchev–Trinajstić information content (AvgIpc) is 3.15. The Balaban J connectivity index is 1.82. The second-order valence-corrected chi connectivity index (χ2v) is 7.93. The molecule has 0 aliphatic carbocycles. The zero-order valence-electron chi connectivity index (χ0n) is 16.9. The Bertz CT molecular complexity index is 875. The zero-order chi connectivity index (χ0) is 21.9. The third-order valence-corrected chi connectivity index (χ3v) is 6.04. The van der Waals surface area contributed by atoms with Crippen LogP contribution in [0.4, 0.5) is 5.82 Å². The molecule has 2 aliphatic rings. The molecule has 2 unspecified atom stereocenters. The molecule has 3 rings (SSSR count). The highest BCUT2D eigenvalue weighted by Gasteiger charge is 2.46. The number of aromatic carboxylic acids is 1. The molecule has 30 heavy (non-hydrogen) atoms. The van der Waals surface area contributed by atoms with Crippen molar-refractivity contribution in [2.45, 2.75) is 50.2 Å². The summed E-state index contributed by atoms with van der Waals surface area (Å²) in [5.41, 5.74) is -0.333. The first-order valence-electron chi connectivity index (χ1n) is 9.87. The van der Waals surface area contributed by atoms with Crippen LogP contribution in [0.2, 0.25) is 0 Å². The van der Waals surface area contributed by atoms with Crippen molar-refractivity contribution in [2.75, 3.05) is 24.5 Å². The summed E-state index contributed by atoms with van der Waals surface area (Å²) in [5, 5.41) is 31.9. The number of carboxylic acid groups (broad SMARTS) is 2. The molecule has 0 spiro atoms. The van der Waals surface area contributed by atoms with Crippen LogP contribution in [0.3, 0.4) is 0 Å². The first-order chi connectivity index (χ1) is 14.3. The lowest BCUT2D eigenvalue weighted by Gasteiger charge is -2.51. The molecule has 1 aromatic rings. The summed E-state index contributed by atoms with van der Waals surface area (Å²) in [5.74, 6) is 1.30. The van der Waals surface area contributed by atoms with Crippen molar-refractivity contribution in [1.82, 2.24) is 15.0 Å². The Morgan fingerprint density at radius 2 is 2.00 bits per heavy atom.